The van der Waals surface area contributed by atoms with E-state index in [2.05, 4.69) is 32.0 Å². The average Bonchev–Trinajstić information content (AvgIpc) is 2.97. The number of anilines is 1. The van der Waals surface area contributed by atoms with Crippen LogP contribution in [0, 0.1) is 5.82 Å². The summed E-state index contributed by atoms with van der Waals surface area (Å²) >= 11 is 1.81. The average molecular weight is 320 g/mol. The van der Waals surface area contributed by atoms with Crippen molar-refractivity contribution in [3.63, 3.8) is 0 Å². The summed E-state index contributed by atoms with van der Waals surface area (Å²) < 4.78 is 13.4. The minimum atomic E-state index is -0.543. The van der Waals surface area contributed by atoms with Crippen molar-refractivity contribution in [2.24, 2.45) is 0 Å². The van der Waals surface area contributed by atoms with Gasteiger partial charge in [0.15, 0.2) is 5.82 Å². The van der Waals surface area contributed by atoms with Crippen LogP contribution >= 0.6 is 11.3 Å². The normalized spacial score (nSPS) is 14.4. The Morgan fingerprint density at radius 2 is 2.36 bits per heavy atom. The van der Waals surface area contributed by atoms with Crippen molar-refractivity contribution in [2.45, 2.75) is 13.0 Å². The summed E-state index contributed by atoms with van der Waals surface area (Å²) in [6.45, 7) is 3.25. The van der Waals surface area contributed by atoms with E-state index in [1.807, 2.05) is 11.3 Å². The Morgan fingerprint density at radius 1 is 1.45 bits per heavy atom. The second kappa shape index (κ2) is 6.85. The molecular weight excluding hydrogens is 303 g/mol. The van der Waals surface area contributed by atoms with E-state index in [9.17, 15) is 9.18 Å². The Labute approximate surface area is 132 Å². The lowest BCUT2D eigenvalue weighted by Crippen LogP contribution is -2.39. The van der Waals surface area contributed by atoms with Gasteiger partial charge in [0, 0.05) is 37.3 Å². The first-order valence-corrected chi connectivity index (χ1v) is 8.02. The quantitative estimate of drug-likeness (QED) is 0.910. The van der Waals surface area contributed by atoms with E-state index in [1.165, 1.54) is 22.7 Å². The number of pyridine rings is 1. The molecule has 7 heteroatoms. The van der Waals surface area contributed by atoms with Crippen molar-refractivity contribution in [3.8, 4) is 0 Å². The number of aromatic nitrogens is 1. The topological polar surface area (TPSA) is 57.3 Å². The van der Waals surface area contributed by atoms with Crippen LogP contribution in [0.2, 0.25) is 0 Å². The van der Waals surface area contributed by atoms with E-state index < -0.39 is 11.8 Å². The molecule has 0 fully saturated rings. The van der Waals surface area contributed by atoms with Gasteiger partial charge < -0.3 is 10.6 Å². The fraction of sp³-hybridized carbons (Fsp3) is 0.333. The van der Waals surface area contributed by atoms with Crippen LogP contribution in [0.4, 0.5) is 14.9 Å². The Kier molecular flexibility index (Phi) is 4.65. The number of halogens is 1. The molecule has 3 heterocycles. The van der Waals surface area contributed by atoms with Gasteiger partial charge in [-0.1, -0.05) is 0 Å². The Hall–Kier alpha value is -1.99. The van der Waals surface area contributed by atoms with Crippen molar-refractivity contribution < 1.29 is 9.18 Å². The first-order chi connectivity index (χ1) is 10.7. The van der Waals surface area contributed by atoms with Gasteiger partial charge in [-0.25, -0.2) is 9.18 Å². The maximum atomic E-state index is 13.4. The Morgan fingerprint density at radius 3 is 3.23 bits per heavy atom. The number of carbonyl (C=O) groups excluding carboxylic acids is 1. The standard InChI is InChI=1S/C15H17FN4OS/c16-12-9-17-4-1-13(12)19-15(21)18-5-7-20-6-2-14-11(10-20)3-8-22-14/h1,3-4,8-9H,2,5-7,10H2,(H2,17,18,19,21). The minimum Gasteiger partial charge on any atom is -0.337 e. The zero-order chi connectivity index (χ0) is 15.4. The molecule has 0 radical (unpaired) electrons. The minimum absolute atomic E-state index is 0.133. The molecule has 2 amide bonds. The molecule has 2 aromatic rings. The molecule has 2 N–H and O–H groups in total. The molecule has 0 bridgehead atoms. The van der Waals surface area contributed by atoms with Crippen molar-refractivity contribution in [3.05, 3.63) is 46.2 Å². The fourth-order valence-corrected chi connectivity index (χ4v) is 3.36. The fourth-order valence-electron chi connectivity index (χ4n) is 2.47. The Bertz CT molecular complexity index is 660. The summed E-state index contributed by atoms with van der Waals surface area (Å²) in [5.41, 5.74) is 1.52. The van der Waals surface area contributed by atoms with Crippen molar-refractivity contribution in [1.29, 1.82) is 0 Å². The van der Waals surface area contributed by atoms with Crippen molar-refractivity contribution in [1.82, 2.24) is 15.2 Å². The maximum absolute atomic E-state index is 13.4. The highest BCUT2D eigenvalue weighted by Crippen LogP contribution is 2.23. The van der Waals surface area contributed by atoms with Crippen LogP contribution in [0.15, 0.2) is 29.9 Å². The van der Waals surface area contributed by atoms with Crippen LogP contribution in [0.3, 0.4) is 0 Å². The molecule has 22 heavy (non-hydrogen) atoms. The summed E-state index contributed by atoms with van der Waals surface area (Å²) in [4.78, 5) is 19.1. The van der Waals surface area contributed by atoms with Gasteiger partial charge in [0.05, 0.1) is 11.9 Å². The van der Waals surface area contributed by atoms with Crippen LogP contribution < -0.4 is 10.6 Å². The third-order valence-corrected chi connectivity index (χ3v) is 4.64. The highest BCUT2D eigenvalue weighted by atomic mass is 32.1. The largest absolute Gasteiger partial charge is 0.337 e. The van der Waals surface area contributed by atoms with Crippen LogP contribution in [-0.4, -0.2) is 35.5 Å². The molecular formula is C15H17FN4OS. The second-order valence-electron chi connectivity index (χ2n) is 5.13. The highest BCUT2D eigenvalue weighted by molar-refractivity contribution is 7.10. The summed E-state index contributed by atoms with van der Waals surface area (Å²) in [5, 5.41) is 7.35. The first-order valence-electron chi connectivity index (χ1n) is 7.14. The molecule has 0 atom stereocenters. The molecule has 0 spiro atoms. The number of amides is 2. The molecule has 0 aliphatic carbocycles. The van der Waals surface area contributed by atoms with Crippen LogP contribution in [0.5, 0.6) is 0 Å². The predicted molar refractivity (Wildman–Crippen MR) is 84.5 cm³/mol. The first kappa shape index (κ1) is 14.9. The highest BCUT2D eigenvalue weighted by Gasteiger charge is 2.16. The lowest BCUT2D eigenvalue weighted by molar-refractivity contribution is 0.239. The van der Waals surface area contributed by atoms with Gasteiger partial charge in [-0.15, -0.1) is 11.3 Å². The SMILES string of the molecule is O=C(NCCN1CCc2sccc2C1)Nc1ccncc1F. The van der Waals surface area contributed by atoms with E-state index in [-0.39, 0.29) is 5.69 Å². The van der Waals surface area contributed by atoms with Crippen LogP contribution in [0.25, 0.3) is 0 Å². The molecule has 1 aliphatic rings. The smallest absolute Gasteiger partial charge is 0.319 e. The number of hydrogen-bond acceptors (Lipinski definition) is 4. The lowest BCUT2D eigenvalue weighted by atomic mass is 10.1. The molecule has 0 saturated carbocycles. The third-order valence-electron chi connectivity index (χ3n) is 3.62. The molecule has 3 rings (SSSR count). The van der Waals surface area contributed by atoms with Gasteiger partial charge in [0.25, 0.3) is 0 Å². The number of nitrogens with one attached hydrogen (secondary N) is 2. The maximum Gasteiger partial charge on any atom is 0.319 e. The number of rotatable bonds is 4. The van der Waals surface area contributed by atoms with Gasteiger partial charge in [-0.05, 0) is 29.5 Å². The summed E-state index contributed by atoms with van der Waals surface area (Å²) in [7, 11) is 0. The van der Waals surface area contributed by atoms with Gasteiger partial charge in [-0.2, -0.15) is 0 Å². The van der Waals surface area contributed by atoms with Gasteiger partial charge in [0.1, 0.15) is 0 Å². The van der Waals surface area contributed by atoms with E-state index in [0.717, 1.165) is 32.3 Å². The number of hydrogen-bond donors (Lipinski definition) is 2. The summed E-state index contributed by atoms with van der Waals surface area (Å²) in [6.07, 6.45) is 3.58. The van der Waals surface area contributed by atoms with E-state index in [1.54, 1.807) is 0 Å². The van der Waals surface area contributed by atoms with E-state index in [0.29, 0.717) is 6.54 Å². The Balaban J connectivity index is 1.42. The van der Waals surface area contributed by atoms with Crippen LogP contribution in [-0.2, 0) is 13.0 Å². The molecule has 0 unspecified atom stereocenters. The monoisotopic (exact) mass is 320 g/mol. The van der Waals surface area contributed by atoms with Gasteiger partial charge >= 0.3 is 6.03 Å². The number of urea groups is 1. The molecule has 0 aromatic carbocycles. The second-order valence-corrected chi connectivity index (χ2v) is 6.13. The lowest BCUT2D eigenvalue weighted by Gasteiger charge is -2.26. The molecule has 2 aromatic heterocycles. The predicted octanol–water partition coefficient (Wildman–Crippen LogP) is 2.46. The zero-order valence-electron chi connectivity index (χ0n) is 12.0. The number of carbonyl (C=O) groups is 1. The van der Waals surface area contributed by atoms with E-state index in [4.69, 9.17) is 0 Å². The summed E-state index contributed by atoms with van der Waals surface area (Å²) in [5.74, 6) is -0.543. The van der Waals surface area contributed by atoms with E-state index >= 15 is 0 Å². The van der Waals surface area contributed by atoms with Crippen molar-refractivity contribution in [2.75, 3.05) is 25.0 Å². The zero-order valence-corrected chi connectivity index (χ0v) is 12.8. The third kappa shape index (κ3) is 3.61. The van der Waals surface area contributed by atoms with Crippen molar-refractivity contribution >= 4 is 23.1 Å². The number of fused-ring (bicyclic) bond motifs is 1. The van der Waals surface area contributed by atoms with Gasteiger partial charge in [-0.3, -0.25) is 9.88 Å². The molecule has 0 saturated heterocycles. The summed E-state index contributed by atoms with van der Waals surface area (Å²) in [6, 6.07) is 3.19. The molecule has 1 aliphatic heterocycles. The number of thiophene rings is 1. The van der Waals surface area contributed by atoms with Crippen LogP contribution in [0.1, 0.15) is 10.4 Å². The molecule has 116 valence electrons. The molecule has 5 nitrogen and oxygen atoms in total. The number of nitrogens with zero attached hydrogens (tertiary/aromatic N) is 2. The van der Waals surface area contributed by atoms with Gasteiger partial charge in [0.2, 0.25) is 0 Å².